The third-order valence-electron chi connectivity index (χ3n) is 3.83. The average Bonchev–Trinajstić information content (AvgIpc) is 3.15. The molecule has 0 aromatic carbocycles. The van der Waals surface area contributed by atoms with Crippen LogP contribution in [0.4, 0.5) is 0 Å². The second-order valence-electron chi connectivity index (χ2n) is 5.34. The Morgan fingerprint density at radius 2 is 1.58 bits per heavy atom. The fourth-order valence-corrected chi connectivity index (χ4v) is 2.40. The predicted octanol–water partition coefficient (Wildman–Crippen LogP) is 0.710. The molecule has 0 radical (unpaired) electrons. The van der Waals surface area contributed by atoms with Gasteiger partial charge in [0.25, 0.3) is 0 Å². The maximum Gasteiger partial charge on any atom is 0.317 e. The van der Waals surface area contributed by atoms with Crippen molar-refractivity contribution in [3.63, 3.8) is 0 Å². The molecule has 1 aliphatic carbocycles. The zero-order valence-corrected chi connectivity index (χ0v) is 11.0. The van der Waals surface area contributed by atoms with Crippen molar-refractivity contribution in [2.45, 2.75) is 51.2 Å². The molecule has 0 amide bonds. The fourth-order valence-electron chi connectivity index (χ4n) is 2.40. The highest BCUT2D eigenvalue weighted by Gasteiger charge is 2.38. The van der Waals surface area contributed by atoms with Gasteiger partial charge < -0.3 is 20.4 Å². The van der Waals surface area contributed by atoms with Crippen LogP contribution in [0.15, 0.2) is 0 Å². The van der Waals surface area contributed by atoms with Gasteiger partial charge in [-0.15, -0.1) is 0 Å². The van der Waals surface area contributed by atoms with Crippen molar-refractivity contribution >= 4 is 11.9 Å². The number of aliphatic hydroxyl groups is 2. The number of aliphatic hydroxyl groups excluding tert-OH is 2. The Balaban J connectivity index is 2.62. The Morgan fingerprint density at radius 3 is 1.95 bits per heavy atom. The van der Waals surface area contributed by atoms with E-state index < -0.39 is 30.1 Å². The van der Waals surface area contributed by atoms with Gasteiger partial charge in [-0.3, -0.25) is 9.59 Å². The molecule has 0 bridgehead atoms. The van der Waals surface area contributed by atoms with E-state index in [1.807, 2.05) is 0 Å². The molecule has 0 spiro atoms. The van der Waals surface area contributed by atoms with Crippen LogP contribution in [-0.2, 0) is 9.59 Å². The molecule has 1 rings (SSSR count). The highest BCUT2D eigenvalue weighted by Crippen LogP contribution is 2.42. The standard InChI is InChI=1S/C13H22O6/c1-2-10(14)11(15)6-8(7-3-4-7)5-9(12(16)17)13(18)19/h7-11,14-15H,2-6H2,1H3,(H,16,17)(H,18,19). The van der Waals surface area contributed by atoms with E-state index in [1.54, 1.807) is 6.92 Å². The Bertz CT molecular complexity index is 311. The van der Waals surface area contributed by atoms with Crippen LogP contribution in [0.25, 0.3) is 0 Å². The van der Waals surface area contributed by atoms with Gasteiger partial charge in [0.15, 0.2) is 5.92 Å². The largest absolute Gasteiger partial charge is 0.481 e. The molecule has 19 heavy (non-hydrogen) atoms. The van der Waals surface area contributed by atoms with E-state index in [4.69, 9.17) is 10.2 Å². The molecule has 0 saturated heterocycles. The number of hydrogen-bond donors (Lipinski definition) is 4. The van der Waals surface area contributed by atoms with Crippen molar-refractivity contribution in [2.75, 3.05) is 0 Å². The van der Waals surface area contributed by atoms with Crippen LogP contribution in [0, 0.1) is 17.8 Å². The lowest BCUT2D eigenvalue weighted by atomic mass is 9.85. The number of rotatable bonds is 9. The molecule has 110 valence electrons. The van der Waals surface area contributed by atoms with Crippen molar-refractivity contribution in [3.05, 3.63) is 0 Å². The van der Waals surface area contributed by atoms with E-state index >= 15 is 0 Å². The van der Waals surface area contributed by atoms with Crippen LogP contribution >= 0.6 is 0 Å². The summed E-state index contributed by atoms with van der Waals surface area (Å²) >= 11 is 0. The molecule has 1 fully saturated rings. The van der Waals surface area contributed by atoms with Crippen molar-refractivity contribution < 1.29 is 30.0 Å². The Hall–Kier alpha value is -1.14. The second-order valence-corrected chi connectivity index (χ2v) is 5.34. The van der Waals surface area contributed by atoms with Crippen LogP contribution in [0.5, 0.6) is 0 Å². The number of carboxylic acids is 2. The molecule has 3 atom stereocenters. The van der Waals surface area contributed by atoms with Gasteiger partial charge in [0.05, 0.1) is 12.2 Å². The zero-order chi connectivity index (χ0) is 14.6. The average molecular weight is 274 g/mol. The Kier molecular flexibility index (Phi) is 5.75. The quantitative estimate of drug-likeness (QED) is 0.460. The second kappa shape index (κ2) is 6.86. The van der Waals surface area contributed by atoms with E-state index in [2.05, 4.69) is 0 Å². The van der Waals surface area contributed by atoms with Crippen molar-refractivity contribution in [3.8, 4) is 0 Å². The first-order valence-corrected chi connectivity index (χ1v) is 6.68. The number of hydrogen-bond acceptors (Lipinski definition) is 4. The summed E-state index contributed by atoms with van der Waals surface area (Å²) < 4.78 is 0. The first kappa shape index (κ1) is 15.9. The van der Waals surface area contributed by atoms with E-state index in [9.17, 15) is 19.8 Å². The van der Waals surface area contributed by atoms with Gasteiger partial charge in [-0.2, -0.15) is 0 Å². The molecule has 6 heteroatoms. The summed E-state index contributed by atoms with van der Waals surface area (Å²) in [6.45, 7) is 1.75. The van der Waals surface area contributed by atoms with Gasteiger partial charge in [0.2, 0.25) is 0 Å². The van der Waals surface area contributed by atoms with Gasteiger partial charge in [0.1, 0.15) is 0 Å². The Labute approximate surface area is 112 Å². The number of carboxylic acid groups (broad SMARTS) is 2. The molecular weight excluding hydrogens is 252 g/mol. The summed E-state index contributed by atoms with van der Waals surface area (Å²) in [5.41, 5.74) is 0. The Morgan fingerprint density at radius 1 is 1.05 bits per heavy atom. The predicted molar refractivity (Wildman–Crippen MR) is 66.5 cm³/mol. The first-order valence-electron chi connectivity index (χ1n) is 6.68. The summed E-state index contributed by atoms with van der Waals surface area (Å²) in [7, 11) is 0. The van der Waals surface area contributed by atoms with E-state index in [-0.39, 0.29) is 24.7 Å². The summed E-state index contributed by atoms with van der Waals surface area (Å²) in [6.07, 6.45) is 0.810. The van der Waals surface area contributed by atoms with E-state index in [1.165, 1.54) is 0 Å². The lowest BCUT2D eigenvalue weighted by molar-refractivity contribution is -0.155. The van der Waals surface area contributed by atoms with Crippen LogP contribution in [0.1, 0.15) is 39.0 Å². The monoisotopic (exact) mass is 274 g/mol. The minimum Gasteiger partial charge on any atom is -0.481 e. The molecule has 0 heterocycles. The molecule has 1 saturated carbocycles. The van der Waals surface area contributed by atoms with E-state index in [0.29, 0.717) is 6.42 Å². The maximum atomic E-state index is 10.9. The number of aliphatic carboxylic acids is 2. The lowest BCUT2D eigenvalue weighted by Gasteiger charge is -2.24. The molecule has 1 aliphatic rings. The SMILES string of the molecule is CCC(O)C(O)CC(CC(C(=O)O)C(=O)O)C1CC1. The summed E-state index contributed by atoms with van der Waals surface area (Å²) in [5.74, 6) is -4.00. The van der Waals surface area contributed by atoms with Gasteiger partial charge in [-0.1, -0.05) is 6.92 Å². The van der Waals surface area contributed by atoms with Gasteiger partial charge >= 0.3 is 11.9 Å². The van der Waals surface area contributed by atoms with Gasteiger partial charge in [0, 0.05) is 0 Å². The molecule has 0 aliphatic heterocycles. The summed E-state index contributed by atoms with van der Waals surface area (Å²) in [6, 6.07) is 0. The number of carbonyl (C=O) groups is 2. The molecule has 6 nitrogen and oxygen atoms in total. The molecule has 0 aromatic heterocycles. The fraction of sp³-hybridized carbons (Fsp3) is 0.846. The van der Waals surface area contributed by atoms with E-state index in [0.717, 1.165) is 12.8 Å². The van der Waals surface area contributed by atoms with Crippen molar-refractivity contribution in [2.24, 2.45) is 17.8 Å². The molecule has 0 aromatic rings. The topological polar surface area (TPSA) is 115 Å². The lowest BCUT2D eigenvalue weighted by Crippen LogP contribution is -2.32. The first-order chi connectivity index (χ1) is 8.86. The van der Waals surface area contributed by atoms with Crippen molar-refractivity contribution in [1.82, 2.24) is 0 Å². The highest BCUT2D eigenvalue weighted by atomic mass is 16.4. The minimum atomic E-state index is -1.43. The van der Waals surface area contributed by atoms with Crippen LogP contribution < -0.4 is 0 Å². The third-order valence-corrected chi connectivity index (χ3v) is 3.83. The van der Waals surface area contributed by atoms with Gasteiger partial charge in [-0.05, 0) is 43.9 Å². The molecular formula is C13H22O6. The smallest absolute Gasteiger partial charge is 0.317 e. The summed E-state index contributed by atoms with van der Waals surface area (Å²) in [5, 5.41) is 37.1. The summed E-state index contributed by atoms with van der Waals surface area (Å²) in [4.78, 5) is 21.8. The third kappa shape index (κ3) is 4.80. The van der Waals surface area contributed by atoms with Crippen LogP contribution in [-0.4, -0.2) is 44.6 Å². The van der Waals surface area contributed by atoms with Gasteiger partial charge in [-0.25, -0.2) is 0 Å². The normalized spacial score (nSPS) is 20.0. The zero-order valence-electron chi connectivity index (χ0n) is 11.0. The van der Waals surface area contributed by atoms with Crippen LogP contribution in [0.2, 0.25) is 0 Å². The maximum absolute atomic E-state index is 10.9. The molecule has 3 unspecified atom stereocenters. The van der Waals surface area contributed by atoms with Crippen molar-refractivity contribution in [1.29, 1.82) is 0 Å². The highest BCUT2D eigenvalue weighted by molar-refractivity contribution is 5.92. The molecule has 4 N–H and O–H groups in total. The minimum absolute atomic E-state index is 0.0167. The van der Waals surface area contributed by atoms with Crippen LogP contribution in [0.3, 0.4) is 0 Å².